The Balaban J connectivity index is 2.48. The first-order valence-corrected chi connectivity index (χ1v) is 4.88. The molecule has 0 saturated carbocycles. The van der Waals surface area contributed by atoms with E-state index in [1.165, 1.54) is 6.07 Å². The van der Waals surface area contributed by atoms with E-state index in [2.05, 4.69) is 5.32 Å². The van der Waals surface area contributed by atoms with Crippen molar-refractivity contribution in [2.45, 2.75) is 25.9 Å². The van der Waals surface area contributed by atoms with E-state index >= 15 is 0 Å². The number of carboxylic acids is 1. The molecule has 0 aliphatic heterocycles. The Morgan fingerprint density at radius 3 is 2.69 bits per heavy atom. The van der Waals surface area contributed by atoms with E-state index in [0.29, 0.717) is 12.1 Å². The minimum absolute atomic E-state index is 0.0102. The molecule has 1 aromatic carbocycles. The maximum atomic E-state index is 12.8. The molecular weight excluding hydrogens is 216 g/mol. The molecule has 0 aromatic heterocycles. The van der Waals surface area contributed by atoms with Crippen molar-refractivity contribution >= 4 is 5.97 Å². The van der Waals surface area contributed by atoms with Crippen LogP contribution in [0.25, 0.3) is 0 Å². The number of carboxylic acid groups (broad SMARTS) is 1. The zero-order valence-corrected chi connectivity index (χ0v) is 8.84. The van der Waals surface area contributed by atoms with Crippen LogP contribution in [-0.4, -0.2) is 17.1 Å². The third kappa shape index (κ3) is 3.94. The normalized spacial score (nSPS) is 12.4. The number of rotatable bonds is 5. The van der Waals surface area contributed by atoms with Gasteiger partial charge in [0, 0.05) is 12.6 Å². The molecular formula is C11H13F2NO2. The molecule has 88 valence electrons. The number of hydrogen-bond donors (Lipinski definition) is 2. The van der Waals surface area contributed by atoms with E-state index in [4.69, 9.17) is 5.11 Å². The predicted octanol–water partition coefficient (Wildman–Crippen LogP) is 1.92. The molecule has 2 N–H and O–H groups in total. The SMILES string of the molecule is CC(CC(=O)O)NCc1ccc(F)c(F)c1. The van der Waals surface area contributed by atoms with Crippen LogP contribution in [0.15, 0.2) is 18.2 Å². The Kier molecular flexibility index (Phi) is 4.37. The van der Waals surface area contributed by atoms with E-state index in [1.54, 1.807) is 6.92 Å². The molecule has 0 saturated heterocycles. The van der Waals surface area contributed by atoms with Gasteiger partial charge in [-0.05, 0) is 24.6 Å². The highest BCUT2D eigenvalue weighted by atomic mass is 19.2. The fourth-order valence-electron chi connectivity index (χ4n) is 1.28. The smallest absolute Gasteiger partial charge is 0.304 e. The second kappa shape index (κ2) is 5.55. The molecule has 16 heavy (non-hydrogen) atoms. The van der Waals surface area contributed by atoms with Crippen LogP contribution in [0.1, 0.15) is 18.9 Å². The van der Waals surface area contributed by atoms with Crippen molar-refractivity contribution in [1.29, 1.82) is 0 Å². The zero-order valence-electron chi connectivity index (χ0n) is 8.84. The first-order chi connectivity index (χ1) is 7.49. The van der Waals surface area contributed by atoms with Crippen molar-refractivity contribution in [3.8, 4) is 0 Å². The topological polar surface area (TPSA) is 49.3 Å². The molecule has 5 heteroatoms. The average molecular weight is 229 g/mol. The Labute approximate surface area is 92.1 Å². The number of hydrogen-bond acceptors (Lipinski definition) is 2. The van der Waals surface area contributed by atoms with E-state index < -0.39 is 17.6 Å². The van der Waals surface area contributed by atoms with Gasteiger partial charge >= 0.3 is 5.97 Å². The van der Waals surface area contributed by atoms with Crippen molar-refractivity contribution in [3.63, 3.8) is 0 Å². The van der Waals surface area contributed by atoms with Crippen molar-refractivity contribution < 1.29 is 18.7 Å². The molecule has 0 fully saturated rings. The van der Waals surface area contributed by atoms with Gasteiger partial charge < -0.3 is 10.4 Å². The minimum atomic E-state index is -0.898. The maximum absolute atomic E-state index is 12.8. The summed E-state index contributed by atoms with van der Waals surface area (Å²) >= 11 is 0. The standard InChI is InChI=1S/C11H13F2NO2/c1-7(4-11(15)16)14-6-8-2-3-9(12)10(13)5-8/h2-3,5,7,14H,4,6H2,1H3,(H,15,16). The van der Waals surface area contributed by atoms with Crippen LogP contribution in [0, 0.1) is 11.6 Å². The summed E-state index contributed by atoms with van der Waals surface area (Å²) in [5, 5.41) is 11.4. The molecule has 1 aromatic rings. The number of aliphatic carboxylic acids is 1. The van der Waals surface area contributed by atoms with Crippen molar-refractivity contribution in [2.24, 2.45) is 0 Å². The summed E-state index contributed by atoms with van der Waals surface area (Å²) in [6.07, 6.45) is -0.0102. The molecule has 0 amide bonds. The first kappa shape index (κ1) is 12.6. The summed E-state index contributed by atoms with van der Waals surface area (Å²) in [6.45, 7) is 2.03. The Morgan fingerprint density at radius 1 is 1.44 bits per heavy atom. The highest BCUT2D eigenvalue weighted by Crippen LogP contribution is 2.08. The van der Waals surface area contributed by atoms with Gasteiger partial charge in [0.25, 0.3) is 0 Å². The Bertz CT molecular complexity index is 382. The highest BCUT2D eigenvalue weighted by Gasteiger charge is 2.07. The van der Waals surface area contributed by atoms with Gasteiger partial charge in [0.05, 0.1) is 6.42 Å². The quantitative estimate of drug-likeness (QED) is 0.811. The number of benzene rings is 1. The third-order valence-corrected chi connectivity index (χ3v) is 2.12. The molecule has 0 aliphatic rings. The van der Waals surface area contributed by atoms with Crippen LogP contribution in [0.5, 0.6) is 0 Å². The van der Waals surface area contributed by atoms with Gasteiger partial charge in [0.1, 0.15) is 0 Å². The van der Waals surface area contributed by atoms with Crippen LogP contribution in [0.3, 0.4) is 0 Å². The first-order valence-electron chi connectivity index (χ1n) is 4.88. The second-order valence-corrected chi connectivity index (χ2v) is 3.63. The van der Waals surface area contributed by atoms with E-state index in [0.717, 1.165) is 12.1 Å². The van der Waals surface area contributed by atoms with Crippen molar-refractivity contribution in [2.75, 3.05) is 0 Å². The summed E-state index contributed by atoms with van der Waals surface area (Å²) in [4.78, 5) is 10.4. The predicted molar refractivity (Wildman–Crippen MR) is 54.9 cm³/mol. The van der Waals surface area contributed by atoms with E-state index in [1.807, 2.05) is 0 Å². The average Bonchev–Trinajstić information content (AvgIpc) is 2.19. The molecule has 1 unspecified atom stereocenters. The monoisotopic (exact) mass is 229 g/mol. The molecule has 0 heterocycles. The molecule has 0 bridgehead atoms. The van der Waals surface area contributed by atoms with Crippen LogP contribution >= 0.6 is 0 Å². The van der Waals surface area contributed by atoms with Crippen molar-refractivity contribution in [1.82, 2.24) is 5.32 Å². The molecule has 3 nitrogen and oxygen atoms in total. The highest BCUT2D eigenvalue weighted by molar-refractivity contribution is 5.67. The third-order valence-electron chi connectivity index (χ3n) is 2.12. The lowest BCUT2D eigenvalue weighted by molar-refractivity contribution is -0.137. The fourth-order valence-corrected chi connectivity index (χ4v) is 1.28. The van der Waals surface area contributed by atoms with Gasteiger partial charge in [-0.1, -0.05) is 6.07 Å². The fraction of sp³-hybridized carbons (Fsp3) is 0.364. The van der Waals surface area contributed by atoms with Gasteiger partial charge in [-0.15, -0.1) is 0 Å². The summed E-state index contributed by atoms with van der Waals surface area (Å²) in [6, 6.07) is 3.38. The van der Waals surface area contributed by atoms with Gasteiger partial charge in [0.15, 0.2) is 11.6 Å². The Morgan fingerprint density at radius 2 is 2.12 bits per heavy atom. The molecule has 0 spiro atoms. The van der Waals surface area contributed by atoms with Gasteiger partial charge in [-0.2, -0.15) is 0 Å². The second-order valence-electron chi connectivity index (χ2n) is 3.63. The zero-order chi connectivity index (χ0) is 12.1. The summed E-state index contributed by atoms with van der Waals surface area (Å²) in [5.41, 5.74) is 0.580. The van der Waals surface area contributed by atoms with Crippen LogP contribution in [-0.2, 0) is 11.3 Å². The van der Waals surface area contributed by atoms with Gasteiger partial charge in [-0.3, -0.25) is 4.79 Å². The molecule has 0 aliphatic carbocycles. The van der Waals surface area contributed by atoms with Crippen LogP contribution < -0.4 is 5.32 Å². The lowest BCUT2D eigenvalue weighted by atomic mass is 10.2. The molecule has 0 radical (unpaired) electrons. The summed E-state index contributed by atoms with van der Waals surface area (Å²) < 4.78 is 25.4. The number of halogens is 2. The number of carbonyl (C=O) groups is 1. The summed E-state index contributed by atoms with van der Waals surface area (Å²) in [7, 11) is 0. The van der Waals surface area contributed by atoms with Gasteiger partial charge in [0.2, 0.25) is 0 Å². The lowest BCUT2D eigenvalue weighted by Gasteiger charge is -2.11. The Hall–Kier alpha value is -1.49. The number of nitrogens with one attached hydrogen (secondary N) is 1. The summed E-state index contributed by atoms with van der Waals surface area (Å²) in [5.74, 6) is -2.68. The lowest BCUT2D eigenvalue weighted by Crippen LogP contribution is -2.27. The van der Waals surface area contributed by atoms with E-state index in [9.17, 15) is 13.6 Å². The van der Waals surface area contributed by atoms with Crippen LogP contribution in [0.2, 0.25) is 0 Å². The molecule has 1 rings (SSSR count). The maximum Gasteiger partial charge on any atom is 0.304 e. The van der Waals surface area contributed by atoms with Crippen LogP contribution in [0.4, 0.5) is 8.78 Å². The van der Waals surface area contributed by atoms with Crippen molar-refractivity contribution in [3.05, 3.63) is 35.4 Å². The minimum Gasteiger partial charge on any atom is -0.481 e. The largest absolute Gasteiger partial charge is 0.481 e. The van der Waals surface area contributed by atoms with E-state index in [-0.39, 0.29) is 12.5 Å². The molecule has 1 atom stereocenters. The van der Waals surface area contributed by atoms with Gasteiger partial charge in [-0.25, -0.2) is 8.78 Å².